The minimum atomic E-state index is 0.878. The number of hydrogen-bond donors (Lipinski definition) is 1. The first kappa shape index (κ1) is 13.6. The van der Waals surface area contributed by atoms with Crippen molar-refractivity contribution in [1.82, 2.24) is 5.32 Å². The SMILES string of the molecule is CNCC1CCCCC1Cc1cc(C)ccc1C. The van der Waals surface area contributed by atoms with E-state index >= 15 is 0 Å². The van der Waals surface area contributed by atoms with Gasteiger partial charge in [-0.05, 0) is 69.7 Å². The Labute approximate surface area is 112 Å². The van der Waals surface area contributed by atoms with Gasteiger partial charge in [0.1, 0.15) is 0 Å². The quantitative estimate of drug-likeness (QED) is 0.849. The lowest BCUT2D eigenvalue weighted by Gasteiger charge is -2.32. The van der Waals surface area contributed by atoms with Gasteiger partial charge in [-0.1, -0.05) is 36.6 Å². The second-order valence-corrected chi connectivity index (χ2v) is 6.00. The van der Waals surface area contributed by atoms with Crippen LogP contribution in [0.2, 0.25) is 0 Å². The Morgan fingerprint density at radius 3 is 2.56 bits per heavy atom. The van der Waals surface area contributed by atoms with E-state index in [0.717, 1.165) is 11.8 Å². The van der Waals surface area contributed by atoms with Crippen LogP contribution in [-0.4, -0.2) is 13.6 Å². The summed E-state index contributed by atoms with van der Waals surface area (Å²) in [5, 5.41) is 3.38. The van der Waals surface area contributed by atoms with Crippen LogP contribution < -0.4 is 5.32 Å². The Morgan fingerprint density at radius 2 is 1.83 bits per heavy atom. The first-order chi connectivity index (χ1) is 8.70. The second-order valence-electron chi connectivity index (χ2n) is 6.00. The molecule has 1 aliphatic rings. The molecule has 2 unspecified atom stereocenters. The van der Waals surface area contributed by atoms with E-state index in [1.165, 1.54) is 49.8 Å². The molecule has 0 aromatic heterocycles. The van der Waals surface area contributed by atoms with Crippen molar-refractivity contribution in [1.29, 1.82) is 0 Å². The highest BCUT2D eigenvalue weighted by molar-refractivity contribution is 5.30. The van der Waals surface area contributed by atoms with Crippen molar-refractivity contribution in [3.05, 3.63) is 34.9 Å². The number of aryl methyl sites for hydroxylation is 2. The fraction of sp³-hybridized carbons (Fsp3) is 0.647. The first-order valence-electron chi connectivity index (χ1n) is 7.41. The van der Waals surface area contributed by atoms with Crippen LogP contribution in [-0.2, 0) is 6.42 Å². The van der Waals surface area contributed by atoms with Crippen LogP contribution in [0.4, 0.5) is 0 Å². The van der Waals surface area contributed by atoms with E-state index in [0.29, 0.717) is 0 Å². The van der Waals surface area contributed by atoms with Gasteiger partial charge in [0.05, 0.1) is 0 Å². The smallest absolute Gasteiger partial charge is 0.00208 e. The molecule has 0 amide bonds. The molecular weight excluding hydrogens is 218 g/mol. The Hall–Kier alpha value is -0.820. The van der Waals surface area contributed by atoms with Gasteiger partial charge in [0.15, 0.2) is 0 Å². The molecule has 1 aromatic carbocycles. The van der Waals surface area contributed by atoms with Gasteiger partial charge in [-0.3, -0.25) is 0 Å². The zero-order valence-corrected chi connectivity index (χ0v) is 12.1. The summed E-state index contributed by atoms with van der Waals surface area (Å²) in [7, 11) is 2.09. The highest BCUT2D eigenvalue weighted by Gasteiger charge is 2.24. The van der Waals surface area contributed by atoms with Crippen molar-refractivity contribution in [2.24, 2.45) is 11.8 Å². The Morgan fingerprint density at radius 1 is 1.11 bits per heavy atom. The maximum absolute atomic E-state index is 3.38. The maximum atomic E-state index is 3.38. The molecule has 18 heavy (non-hydrogen) atoms. The lowest BCUT2D eigenvalue weighted by molar-refractivity contribution is 0.232. The average molecular weight is 245 g/mol. The number of rotatable bonds is 4. The van der Waals surface area contributed by atoms with E-state index in [1.807, 2.05) is 0 Å². The molecule has 1 N–H and O–H groups in total. The van der Waals surface area contributed by atoms with Crippen LogP contribution in [0.25, 0.3) is 0 Å². The fourth-order valence-electron chi connectivity index (χ4n) is 3.39. The topological polar surface area (TPSA) is 12.0 Å². The minimum Gasteiger partial charge on any atom is -0.319 e. The molecule has 1 aromatic rings. The van der Waals surface area contributed by atoms with Gasteiger partial charge in [0.25, 0.3) is 0 Å². The summed E-state index contributed by atoms with van der Waals surface area (Å²) in [6, 6.07) is 6.89. The van der Waals surface area contributed by atoms with Gasteiger partial charge >= 0.3 is 0 Å². The molecule has 100 valence electrons. The van der Waals surface area contributed by atoms with E-state index in [9.17, 15) is 0 Å². The third kappa shape index (κ3) is 3.35. The highest BCUT2D eigenvalue weighted by atomic mass is 14.8. The van der Waals surface area contributed by atoms with Crippen molar-refractivity contribution < 1.29 is 0 Å². The predicted molar refractivity (Wildman–Crippen MR) is 79.0 cm³/mol. The summed E-state index contributed by atoms with van der Waals surface area (Å²) in [5.74, 6) is 1.76. The lowest BCUT2D eigenvalue weighted by Crippen LogP contribution is -2.30. The predicted octanol–water partition coefficient (Wildman–Crippen LogP) is 3.87. The molecule has 0 saturated heterocycles. The summed E-state index contributed by atoms with van der Waals surface area (Å²) in [6.07, 6.45) is 6.96. The van der Waals surface area contributed by atoms with Crippen LogP contribution in [0.1, 0.15) is 42.4 Å². The third-order valence-electron chi connectivity index (χ3n) is 4.52. The molecular formula is C17H27N. The number of nitrogens with one attached hydrogen (secondary N) is 1. The molecule has 2 rings (SSSR count). The molecule has 1 saturated carbocycles. The number of benzene rings is 1. The van der Waals surface area contributed by atoms with E-state index in [-0.39, 0.29) is 0 Å². The summed E-state index contributed by atoms with van der Waals surface area (Å²) in [4.78, 5) is 0. The molecule has 0 spiro atoms. The van der Waals surface area contributed by atoms with Crippen LogP contribution in [0.5, 0.6) is 0 Å². The Kier molecular flexibility index (Phi) is 4.82. The van der Waals surface area contributed by atoms with Gasteiger partial charge in [0, 0.05) is 0 Å². The molecule has 1 fully saturated rings. The zero-order chi connectivity index (χ0) is 13.0. The van der Waals surface area contributed by atoms with E-state index in [2.05, 4.69) is 44.4 Å². The fourth-order valence-corrected chi connectivity index (χ4v) is 3.39. The van der Waals surface area contributed by atoms with Crippen molar-refractivity contribution in [3.8, 4) is 0 Å². The van der Waals surface area contributed by atoms with E-state index < -0.39 is 0 Å². The summed E-state index contributed by atoms with van der Waals surface area (Å²) in [6.45, 7) is 5.65. The van der Waals surface area contributed by atoms with Crippen molar-refractivity contribution in [3.63, 3.8) is 0 Å². The van der Waals surface area contributed by atoms with Gasteiger partial charge in [0.2, 0.25) is 0 Å². The second kappa shape index (κ2) is 6.38. The highest BCUT2D eigenvalue weighted by Crippen LogP contribution is 2.33. The third-order valence-corrected chi connectivity index (χ3v) is 4.52. The first-order valence-corrected chi connectivity index (χ1v) is 7.41. The maximum Gasteiger partial charge on any atom is -0.00208 e. The zero-order valence-electron chi connectivity index (χ0n) is 12.1. The summed E-state index contributed by atoms with van der Waals surface area (Å²) >= 11 is 0. The molecule has 1 aliphatic carbocycles. The standard InChI is InChI=1S/C17H27N/c1-13-8-9-14(2)17(10-13)11-15-6-4-5-7-16(15)12-18-3/h8-10,15-16,18H,4-7,11-12H2,1-3H3. The van der Waals surface area contributed by atoms with Crippen LogP contribution in [0.15, 0.2) is 18.2 Å². The molecule has 0 aliphatic heterocycles. The normalized spacial score (nSPS) is 24.2. The lowest BCUT2D eigenvalue weighted by atomic mass is 9.75. The molecule has 0 radical (unpaired) electrons. The number of hydrogen-bond acceptors (Lipinski definition) is 1. The van der Waals surface area contributed by atoms with E-state index in [4.69, 9.17) is 0 Å². The van der Waals surface area contributed by atoms with Gasteiger partial charge < -0.3 is 5.32 Å². The van der Waals surface area contributed by atoms with Crippen molar-refractivity contribution in [2.45, 2.75) is 46.0 Å². The van der Waals surface area contributed by atoms with Crippen LogP contribution >= 0.6 is 0 Å². The largest absolute Gasteiger partial charge is 0.319 e. The van der Waals surface area contributed by atoms with Gasteiger partial charge in [-0.15, -0.1) is 0 Å². The monoisotopic (exact) mass is 245 g/mol. The molecule has 2 atom stereocenters. The van der Waals surface area contributed by atoms with Crippen molar-refractivity contribution in [2.75, 3.05) is 13.6 Å². The Balaban J connectivity index is 2.08. The molecule has 1 nitrogen and oxygen atoms in total. The van der Waals surface area contributed by atoms with Crippen LogP contribution in [0.3, 0.4) is 0 Å². The van der Waals surface area contributed by atoms with Gasteiger partial charge in [-0.25, -0.2) is 0 Å². The molecule has 0 heterocycles. The molecule has 1 heteroatoms. The summed E-state index contributed by atoms with van der Waals surface area (Å²) in [5.41, 5.74) is 4.44. The van der Waals surface area contributed by atoms with Crippen molar-refractivity contribution >= 4 is 0 Å². The minimum absolute atomic E-state index is 0.878. The van der Waals surface area contributed by atoms with Gasteiger partial charge in [-0.2, -0.15) is 0 Å². The summed E-state index contributed by atoms with van der Waals surface area (Å²) < 4.78 is 0. The van der Waals surface area contributed by atoms with E-state index in [1.54, 1.807) is 5.56 Å². The molecule has 0 bridgehead atoms. The average Bonchev–Trinajstić information content (AvgIpc) is 2.36. The van der Waals surface area contributed by atoms with Crippen LogP contribution in [0, 0.1) is 25.7 Å². The Bertz CT molecular complexity index is 381.